The zero-order chi connectivity index (χ0) is 16.3. The molecule has 0 unspecified atom stereocenters. The summed E-state index contributed by atoms with van der Waals surface area (Å²) in [7, 11) is 0. The van der Waals surface area contributed by atoms with Gasteiger partial charge in [-0.25, -0.2) is 4.79 Å². The summed E-state index contributed by atoms with van der Waals surface area (Å²) in [5, 5.41) is 2.90. The average molecular weight is 313 g/mol. The largest absolute Gasteiger partial charge is 0.508 e. The van der Waals surface area contributed by atoms with Gasteiger partial charge in [0, 0.05) is 6.42 Å². The lowest BCUT2D eigenvalue weighted by Crippen LogP contribution is -2.56. The molecule has 0 bridgehead atoms. The Hall–Kier alpha value is -1.26. The second kappa shape index (κ2) is 10.5. The maximum Gasteiger partial charge on any atom is 0.508 e. The van der Waals surface area contributed by atoms with Crippen LogP contribution in [-0.4, -0.2) is 30.8 Å². The number of hydrogen-bond acceptors (Lipinski definition) is 4. The smallest absolute Gasteiger partial charge is 0.432 e. The molecule has 1 heterocycles. The topological polar surface area (TPSA) is 64.6 Å². The minimum atomic E-state index is -0.661. The van der Waals surface area contributed by atoms with E-state index in [9.17, 15) is 9.59 Å². The summed E-state index contributed by atoms with van der Waals surface area (Å²) in [6, 6.07) is 0. The van der Waals surface area contributed by atoms with Crippen molar-refractivity contribution in [3.63, 3.8) is 0 Å². The quantitative estimate of drug-likeness (QED) is 0.463. The average Bonchev–Trinajstić information content (AvgIpc) is 2.49. The molecule has 0 aromatic heterocycles. The summed E-state index contributed by atoms with van der Waals surface area (Å²) < 4.78 is 9.63. The van der Waals surface area contributed by atoms with Crippen molar-refractivity contribution < 1.29 is 19.1 Å². The van der Waals surface area contributed by atoms with Crippen LogP contribution in [0.25, 0.3) is 0 Å². The van der Waals surface area contributed by atoms with Gasteiger partial charge in [-0.1, -0.05) is 58.3 Å². The van der Waals surface area contributed by atoms with E-state index in [0.29, 0.717) is 6.42 Å². The number of rotatable bonds is 11. The minimum Gasteiger partial charge on any atom is -0.432 e. The van der Waals surface area contributed by atoms with Gasteiger partial charge in [-0.05, 0) is 13.3 Å². The predicted molar refractivity (Wildman–Crippen MR) is 85.7 cm³/mol. The fraction of sp³-hybridized carbons (Fsp3) is 0.882. The summed E-state index contributed by atoms with van der Waals surface area (Å²) in [6.45, 7) is 4.41. The van der Waals surface area contributed by atoms with Gasteiger partial charge < -0.3 is 14.8 Å². The molecule has 128 valence electrons. The first-order valence-corrected chi connectivity index (χ1v) is 8.66. The fourth-order valence-corrected chi connectivity index (χ4v) is 2.59. The van der Waals surface area contributed by atoms with Crippen molar-refractivity contribution in [2.24, 2.45) is 0 Å². The molecule has 1 amide bonds. The first-order valence-electron chi connectivity index (χ1n) is 8.66. The highest BCUT2D eigenvalue weighted by molar-refractivity contribution is 5.77. The molecule has 0 spiro atoms. The van der Waals surface area contributed by atoms with Crippen LogP contribution in [0.3, 0.4) is 0 Å². The zero-order valence-electron chi connectivity index (χ0n) is 14.1. The molecule has 0 atom stereocenters. The number of ether oxygens (including phenoxy) is 2. The van der Waals surface area contributed by atoms with Crippen molar-refractivity contribution in [1.82, 2.24) is 5.32 Å². The Kier molecular flexibility index (Phi) is 8.94. The van der Waals surface area contributed by atoms with E-state index in [0.717, 1.165) is 12.8 Å². The van der Waals surface area contributed by atoms with Gasteiger partial charge in [0.1, 0.15) is 18.8 Å². The van der Waals surface area contributed by atoms with E-state index in [2.05, 4.69) is 12.2 Å². The monoisotopic (exact) mass is 313 g/mol. The number of carbonyl (C=O) groups excluding carboxylic acids is 2. The summed E-state index contributed by atoms with van der Waals surface area (Å²) in [5.74, 6) is 0.00648. The summed E-state index contributed by atoms with van der Waals surface area (Å²) >= 11 is 0. The summed E-state index contributed by atoms with van der Waals surface area (Å²) in [4.78, 5) is 22.7. The molecule has 1 fully saturated rings. The maximum absolute atomic E-state index is 11.9. The van der Waals surface area contributed by atoms with Gasteiger partial charge in [0.25, 0.3) is 0 Å². The third kappa shape index (κ3) is 8.25. The van der Waals surface area contributed by atoms with Crippen molar-refractivity contribution in [3.05, 3.63) is 0 Å². The second-order valence-corrected chi connectivity index (χ2v) is 6.51. The van der Waals surface area contributed by atoms with Crippen LogP contribution >= 0.6 is 0 Å². The van der Waals surface area contributed by atoms with E-state index in [1.165, 1.54) is 44.9 Å². The molecule has 1 aliphatic rings. The molecule has 0 aromatic rings. The van der Waals surface area contributed by atoms with Gasteiger partial charge in [0.15, 0.2) is 0 Å². The molecule has 5 heteroatoms. The lowest BCUT2D eigenvalue weighted by atomic mass is 10.0. The van der Waals surface area contributed by atoms with Crippen molar-refractivity contribution in [1.29, 1.82) is 0 Å². The fourth-order valence-electron chi connectivity index (χ4n) is 2.59. The van der Waals surface area contributed by atoms with Crippen LogP contribution in [0.1, 0.15) is 78.1 Å². The van der Waals surface area contributed by atoms with E-state index in [-0.39, 0.29) is 19.1 Å². The van der Waals surface area contributed by atoms with Crippen LogP contribution < -0.4 is 5.32 Å². The van der Waals surface area contributed by atoms with Gasteiger partial charge in [-0.3, -0.25) is 4.79 Å². The Bertz CT molecular complexity index is 334. The number of cyclic esters (lactones) is 2. The van der Waals surface area contributed by atoms with Crippen molar-refractivity contribution in [2.45, 2.75) is 83.6 Å². The first-order chi connectivity index (χ1) is 10.6. The highest BCUT2D eigenvalue weighted by Crippen LogP contribution is 2.14. The van der Waals surface area contributed by atoms with Gasteiger partial charge >= 0.3 is 6.16 Å². The first kappa shape index (κ1) is 18.8. The Labute approximate surface area is 134 Å². The lowest BCUT2D eigenvalue weighted by Gasteiger charge is -2.32. The van der Waals surface area contributed by atoms with E-state index < -0.39 is 11.7 Å². The zero-order valence-corrected chi connectivity index (χ0v) is 14.1. The molecule has 0 saturated carbocycles. The molecule has 0 aliphatic carbocycles. The second-order valence-electron chi connectivity index (χ2n) is 6.51. The Balaban J connectivity index is 1.98. The SMILES string of the molecule is CCCCCCCCCCCC(=O)NC1(C)COC(=O)OC1. The molecule has 1 N–H and O–H groups in total. The third-order valence-electron chi connectivity index (χ3n) is 3.97. The number of carbonyl (C=O) groups is 2. The molecular weight excluding hydrogens is 282 g/mol. The molecule has 22 heavy (non-hydrogen) atoms. The summed E-state index contributed by atoms with van der Waals surface area (Å²) in [6.07, 6.45) is 11.0. The number of unbranched alkanes of at least 4 members (excludes halogenated alkanes) is 8. The molecule has 1 saturated heterocycles. The van der Waals surface area contributed by atoms with Crippen molar-refractivity contribution >= 4 is 12.1 Å². The van der Waals surface area contributed by atoms with Crippen LogP contribution in [0.2, 0.25) is 0 Å². The Morgan fingerprint density at radius 1 is 1.00 bits per heavy atom. The van der Waals surface area contributed by atoms with Crippen LogP contribution in [0, 0.1) is 0 Å². The number of hydrogen-bond donors (Lipinski definition) is 1. The molecule has 1 rings (SSSR count). The predicted octanol–water partition coefficient (Wildman–Crippen LogP) is 3.95. The van der Waals surface area contributed by atoms with Crippen LogP contribution in [-0.2, 0) is 14.3 Å². The van der Waals surface area contributed by atoms with Crippen LogP contribution in [0.5, 0.6) is 0 Å². The van der Waals surface area contributed by atoms with Gasteiger partial charge in [0.2, 0.25) is 5.91 Å². The highest BCUT2D eigenvalue weighted by Gasteiger charge is 2.34. The molecular formula is C17H31NO4. The van der Waals surface area contributed by atoms with Crippen LogP contribution in [0.4, 0.5) is 4.79 Å². The van der Waals surface area contributed by atoms with Crippen molar-refractivity contribution in [3.8, 4) is 0 Å². The normalized spacial score (nSPS) is 16.7. The van der Waals surface area contributed by atoms with E-state index >= 15 is 0 Å². The number of nitrogens with one attached hydrogen (secondary N) is 1. The molecule has 0 radical (unpaired) electrons. The molecule has 5 nitrogen and oxygen atoms in total. The van der Waals surface area contributed by atoms with Crippen LogP contribution in [0.15, 0.2) is 0 Å². The number of amides is 1. The lowest BCUT2D eigenvalue weighted by molar-refractivity contribution is -0.126. The Morgan fingerprint density at radius 3 is 2.05 bits per heavy atom. The highest BCUT2D eigenvalue weighted by atomic mass is 16.7. The van der Waals surface area contributed by atoms with Crippen molar-refractivity contribution in [2.75, 3.05) is 13.2 Å². The van der Waals surface area contributed by atoms with Gasteiger partial charge in [0.05, 0.1) is 0 Å². The van der Waals surface area contributed by atoms with E-state index in [1.807, 2.05) is 6.92 Å². The third-order valence-corrected chi connectivity index (χ3v) is 3.97. The summed E-state index contributed by atoms with van der Waals surface area (Å²) in [5.41, 5.74) is -0.593. The van der Waals surface area contributed by atoms with E-state index in [1.54, 1.807) is 0 Å². The Morgan fingerprint density at radius 2 is 1.50 bits per heavy atom. The standard InChI is InChI=1S/C17H31NO4/c1-3-4-5-6-7-8-9-10-11-12-15(19)18-17(2)13-21-16(20)22-14-17/h3-14H2,1-2H3,(H,18,19). The van der Waals surface area contributed by atoms with E-state index in [4.69, 9.17) is 9.47 Å². The van der Waals surface area contributed by atoms with Gasteiger partial charge in [-0.2, -0.15) is 0 Å². The maximum atomic E-state index is 11.9. The van der Waals surface area contributed by atoms with Gasteiger partial charge in [-0.15, -0.1) is 0 Å². The molecule has 0 aromatic carbocycles. The molecule has 1 aliphatic heterocycles. The minimum absolute atomic E-state index is 0.00648.